The quantitative estimate of drug-likeness (QED) is 0.612. The third kappa shape index (κ3) is 4.25. The van der Waals surface area contributed by atoms with E-state index in [0.717, 1.165) is 11.8 Å². The Morgan fingerprint density at radius 2 is 1.75 bits per heavy atom. The average Bonchev–Trinajstić information content (AvgIpc) is 3.01. The summed E-state index contributed by atoms with van der Waals surface area (Å²) < 4.78 is 31.4. The first-order valence-electron chi connectivity index (χ1n) is 8.99. The van der Waals surface area contributed by atoms with Gasteiger partial charge in [0, 0.05) is 18.9 Å². The number of carbonyl (C=O) groups is 1. The van der Waals surface area contributed by atoms with Crippen molar-refractivity contribution in [2.75, 3.05) is 6.26 Å². The molecule has 6 nitrogen and oxygen atoms in total. The van der Waals surface area contributed by atoms with E-state index in [1.165, 1.54) is 4.40 Å². The third-order valence-corrected chi connectivity index (χ3v) is 5.47. The van der Waals surface area contributed by atoms with Gasteiger partial charge in [0.1, 0.15) is 6.10 Å². The summed E-state index contributed by atoms with van der Waals surface area (Å²) >= 11 is 0. The highest BCUT2D eigenvalue weighted by Gasteiger charge is 2.31. The van der Waals surface area contributed by atoms with Gasteiger partial charge in [-0.25, -0.2) is 18.2 Å². The van der Waals surface area contributed by atoms with Crippen molar-refractivity contribution >= 4 is 21.3 Å². The van der Waals surface area contributed by atoms with Crippen molar-refractivity contribution in [3.05, 3.63) is 66.0 Å². The van der Waals surface area contributed by atoms with Gasteiger partial charge in [-0.1, -0.05) is 57.2 Å². The number of rotatable bonds is 5. The summed E-state index contributed by atoms with van der Waals surface area (Å²) in [4.78, 5) is 17.1. The lowest BCUT2D eigenvalue weighted by atomic mass is 9.85. The van der Waals surface area contributed by atoms with Gasteiger partial charge >= 0.3 is 5.97 Å². The number of carbonyl (C=O) groups excluding carboxylic acids is 1. The van der Waals surface area contributed by atoms with Gasteiger partial charge in [-0.15, -0.1) is 0 Å². The summed E-state index contributed by atoms with van der Waals surface area (Å²) in [6, 6.07) is 14.9. The van der Waals surface area contributed by atoms with E-state index in [4.69, 9.17) is 4.74 Å². The highest BCUT2D eigenvalue weighted by molar-refractivity contribution is 7.90. The number of ether oxygens (including phenoxy) is 1. The highest BCUT2D eigenvalue weighted by atomic mass is 32.2. The van der Waals surface area contributed by atoms with E-state index < -0.39 is 21.9 Å². The van der Waals surface area contributed by atoms with Crippen LogP contribution in [0.25, 0.3) is 5.52 Å². The molecule has 0 bridgehead atoms. The van der Waals surface area contributed by atoms with Crippen LogP contribution in [0, 0.1) is 5.41 Å². The van der Waals surface area contributed by atoms with Crippen LogP contribution in [-0.2, 0) is 21.0 Å². The van der Waals surface area contributed by atoms with Gasteiger partial charge in [0.25, 0.3) is 0 Å². The van der Waals surface area contributed by atoms with Crippen LogP contribution in [0.2, 0.25) is 0 Å². The normalized spacial score (nSPS) is 13.4. The fourth-order valence-electron chi connectivity index (χ4n) is 2.96. The van der Waals surface area contributed by atoms with E-state index in [-0.39, 0.29) is 16.3 Å². The molecule has 0 amide bonds. The lowest BCUT2D eigenvalue weighted by Crippen LogP contribution is -2.33. The molecular weight excluding hydrogens is 376 g/mol. The Hall–Kier alpha value is -2.67. The van der Waals surface area contributed by atoms with E-state index in [1.54, 1.807) is 24.4 Å². The molecule has 3 rings (SSSR count). The first kappa shape index (κ1) is 20.1. The maximum Gasteiger partial charge on any atom is 0.359 e. The molecule has 0 radical (unpaired) electrons. The van der Waals surface area contributed by atoms with E-state index in [0.29, 0.717) is 11.9 Å². The molecule has 28 heavy (non-hydrogen) atoms. The van der Waals surface area contributed by atoms with Crippen LogP contribution in [0.4, 0.5) is 0 Å². The molecule has 0 aliphatic heterocycles. The molecule has 0 N–H and O–H groups in total. The summed E-state index contributed by atoms with van der Waals surface area (Å²) in [5.74, 6) is -0.630. The second-order valence-electron chi connectivity index (χ2n) is 7.92. The van der Waals surface area contributed by atoms with Gasteiger partial charge in [-0.2, -0.15) is 0 Å². The van der Waals surface area contributed by atoms with Gasteiger partial charge in [-0.3, -0.25) is 4.40 Å². The zero-order chi connectivity index (χ0) is 20.5. The standard InChI is InChI=1S/C21H24N2O4S/c1-21(2,3)17(14-15-10-6-5-7-11-15)27-19(24)18-16-12-8-9-13-23(16)20(22-18)28(4,25)26/h5-13,17H,14H2,1-4H3. The number of aromatic nitrogens is 2. The minimum atomic E-state index is -3.60. The van der Waals surface area contributed by atoms with Crippen molar-refractivity contribution in [3.63, 3.8) is 0 Å². The Labute approximate surface area is 165 Å². The monoisotopic (exact) mass is 400 g/mol. The Kier molecular flexibility index (Phi) is 5.30. The molecule has 1 atom stereocenters. The van der Waals surface area contributed by atoms with Crippen LogP contribution < -0.4 is 0 Å². The van der Waals surface area contributed by atoms with E-state index in [1.807, 2.05) is 51.1 Å². The SMILES string of the molecule is CC(C)(C)C(Cc1ccccc1)OC(=O)c1nc(S(C)(=O)=O)n2ccccc12. The minimum Gasteiger partial charge on any atom is -0.457 e. The molecule has 0 aliphatic carbocycles. The van der Waals surface area contributed by atoms with E-state index in [2.05, 4.69) is 4.98 Å². The van der Waals surface area contributed by atoms with Crippen LogP contribution in [0.3, 0.4) is 0 Å². The zero-order valence-electron chi connectivity index (χ0n) is 16.4. The molecule has 0 fully saturated rings. The van der Waals surface area contributed by atoms with Crippen molar-refractivity contribution in [2.45, 2.75) is 38.5 Å². The van der Waals surface area contributed by atoms with Gasteiger partial charge in [0.2, 0.25) is 15.0 Å². The summed E-state index contributed by atoms with van der Waals surface area (Å²) in [5, 5.41) is -0.176. The lowest BCUT2D eigenvalue weighted by Gasteiger charge is -2.30. The number of hydrogen-bond donors (Lipinski definition) is 0. The molecule has 2 heterocycles. The van der Waals surface area contributed by atoms with Crippen LogP contribution in [0.15, 0.2) is 59.9 Å². The molecule has 148 valence electrons. The molecule has 0 spiro atoms. The first-order valence-corrected chi connectivity index (χ1v) is 10.9. The molecule has 0 saturated heterocycles. The number of hydrogen-bond acceptors (Lipinski definition) is 5. The second-order valence-corrected chi connectivity index (χ2v) is 9.83. The molecule has 1 unspecified atom stereocenters. The third-order valence-electron chi connectivity index (χ3n) is 4.52. The van der Waals surface area contributed by atoms with Crippen LogP contribution in [0.1, 0.15) is 36.8 Å². The maximum absolute atomic E-state index is 13.0. The summed E-state index contributed by atoms with van der Waals surface area (Å²) in [7, 11) is -3.60. The number of fused-ring (bicyclic) bond motifs is 1. The van der Waals surface area contributed by atoms with Crippen LogP contribution >= 0.6 is 0 Å². The lowest BCUT2D eigenvalue weighted by molar-refractivity contribution is -0.00277. The fraction of sp³-hybridized carbons (Fsp3) is 0.333. The van der Waals surface area contributed by atoms with E-state index in [9.17, 15) is 13.2 Å². The van der Waals surface area contributed by atoms with Crippen LogP contribution in [-0.4, -0.2) is 36.1 Å². The maximum atomic E-state index is 13.0. The Morgan fingerprint density at radius 1 is 1.11 bits per heavy atom. The van der Waals surface area contributed by atoms with Crippen molar-refractivity contribution in [1.82, 2.24) is 9.38 Å². The number of imidazole rings is 1. The number of sulfone groups is 1. The number of esters is 1. The first-order chi connectivity index (χ1) is 13.1. The van der Waals surface area contributed by atoms with Gasteiger partial charge < -0.3 is 4.74 Å². The Balaban J connectivity index is 1.97. The van der Waals surface area contributed by atoms with Crippen molar-refractivity contribution in [1.29, 1.82) is 0 Å². The van der Waals surface area contributed by atoms with Crippen molar-refractivity contribution in [2.24, 2.45) is 5.41 Å². The largest absolute Gasteiger partial charge is 0.457 e. The predicted molar refractivity (Wildman–Crippen MR) is 107 cm³/mol. The molecule has 7 heteroatoms. The molecule has 0 saturated carbocycles. The summed E-state index contributed by atoms with van der Waals surface area (Å²) in [5.41, 5.74) is 1.16. The Morgan fingerprint density at radius 3 is 2.36 bits per heavy atom. The molecular formula is C21H24N2O4S. The number of benzene rings is 1. The Bertz CT molecular complexity index is 1100. The smallest absolute Gasteiger partial charge is 0.359 e. The average molecular weight is 401 g/mol. The minimum absolute atomic E-state index is 0.00309. The molecule has 0 aliphatic rings. The topological polar surface area (TPSA) is 77.7 Å². The van der Waals surface area contributed by atoms with Crippen LogP contribution in [0.5, 0.6) is 0 Å². The zero-order valence-corrected chi connectivity index (χ0v) is 17.2. The number of nitrogens with zero attached hydrogens (tertiary/aromatic N) is 2. The molecule has 2 aromatic heterocycles. The fourth-order valence-corrected chi connectivity index (χ4v) is 3.73. The molecule has 3 aromatic rings. The van der Waals surface area contributed by atoms with Gasteiger partial charge in [0.15, 0.2) is 5.69 Å². The van der Waals surface area contributed by atoms with E-state index >= 15 is 0 Å². The van der Waals surface area contributed by atoms with Crippen molar-refractivity contribution in [3.8, 4) is 0 Å². The van der Waals surface area contributed by atoms with Crippen molar-refractivity contribution < 1.29 is 17.9 Å². The summed E-state index contributed by atoms with van der Waals surface area (Å²) in [6.07, 6.45) is 2.79. The second kappa shape index (κ2) is 7.39. The van der Waals surface area contributed by atoms with Gasteiger partial charge in [0.05, 0.1) is 5.52 Å². The highest BCUT2D eigenvalue weighted by Crippen LogP contribution is 2.27. The predicted octanol–water partition coefficient (Wildman–Crippen LogP) is 3.55. The molecule has 1 aromatic carbocycles. The summed E-state index contributed by atoms with van der Waals surface area (Å²) in [6.45, 7) is 6.00. The van der Waals surface area contributed by atoms with Gasteiger partial charge in [-0.05, 0) is 23.1 Å². The number of pyridine rings is 1.